The standard InChI is InChI=1S/C23H15ClF3NO3/c24-19-7-6-15(9-18(19)23(25,26)27)28-12-14-8-22(30)31-21-11-16(20(29)10-17(14)21)13-4-2-1-3-5-13/h1-11,28-29H,12H2. The second-order valence-electron chi connectivity index (χ2n) is 6.87. The molecule has 0 unspecified atom stereocenters. The lowest BCUT2D eigenvalue weighted by Crippen LogP contribution is -2.09. The minimum Gasteiger partial charge on any atom is -0.507 e. The molecule has 0 spiro atoms. The third kappa shape index (κ3) is 4.36. The molecule has 31 heavy (non-hydrogen) atoms. The Hall–Kier alpha value is -3.45. The quantitative estimate of drug-likeness (QED) is 0.354. The van der Waals surface area contributed by atoms with Crippen molar-refractivity contribution in [2.75, 3.05) is 5.32 Å². The zero-order chi connectivity index (χ0) is 22.2. The van der Waals surface area contributed by atoms with Gasteiger partial charge in [0, 0.05) is 29.2 Å². The molecule has 0 saturated carbocycles. The van der Waals surface area contributed by atoms with Crippen molar-refractivity contribution in [1.29, 1.82) is 0 Å². The lowest BCUT2D eigenvalue weighted by molar-refractivity contribution is -0.137. The van der Waals surface area contributed by atoms with Gasteiger partial charge in [0.1, 0.15) is 11.3 Å². The Morgan fingerprint density at radius 3 is 2.45 bits per heavy atom. The Morgan fingerprint density at radius 2 is 1.74 bits per heavy atom. The van der Waals surface area contributed by atoms with E-state index in [-0.39, 0.29) is 23.6 Å². The highest BCUT2D eigenvalue weighted by Crippen LogP contribution is 2.37. The van der Waals surface area contributed by atoms with Crippen LogP contribution in [0, 0.1) is 0 Å². The number of aromatic hydroxyl groups is 1. The van der Waals surface area contributed by atoms with Crippen LogP contribution in [0.3, 0.4) is 0 Å². The summed E-state index contributed by atoms with van der Waals surface area (Å²) >= 11 is 5.65. The van der Waals surface area contributed by atoms with Gasteiger partial charge in [-0.1, -0.05) is 41.9 Å². The van der Waals surface area contributed by atoms with Crippen molar-refractivity contribution in [3.05, 3.63) is 93.3 Å². The van der Waals surface area contributed by atoms with E-state index in [9.17, 15) is 23.1 Å². The Morgan fingerprint density at radius 1 is 1.00 bits per heavy atom. The molecule has 0 aliphatic heterocycles. The molecular formula is C23H15ClF3NO3. The third-order valence-electron chi connectivity index (χ3n) is 4.79. The zero-order valence-corrected chi connectivity index (χ0v) is 16.6. The van der Waals surface area contributed by atoms with Gasteiger partial charge in [-0.05, 0) is 41.5 Å². The van der Waals surface area contributed by atoms with Crippen molar-refractivity contribution in [1.82, 2.24) is 0 Å². The molecular weight excluding hydrogens is 431 g/mol. The Kier molecular flexibility index (Phi) is 5.37. The predicted octanol–water partition coefficient (Wildman–Crippen LogP) is 6.45. The average Bonchev–Trinajstić information content (AvgIpc) is 2.72. The van der Waals surface area contributed by atoms with Crippen LogP contribution in [-0.2, 0) is 12.7 Å². The first-order valence-corrected chi connectivity index (χ1v) is 9.56. The summed E-state index contributed by atoms with van der Waals surface area (Å²) in [7, 11) is 0. The number of halogens is 4. The van der Waals surface area contributed by atoms with Gasteiger partial charge in [-0.25, -0.2) is 4.79 Å². The van der Waals surface area contributed by atoms with Gasteiger partial charge in [-0.2, -0.15) is 13.2 Å². The molecule has 1 aromatic heterocycles. The maximum atomic E-state index is 13.1. The van der Waals surface area contributed by atoms with Crippen molar-refractivity contribution in [3.63, 3.8) is 0 Å². The van der Waals surface area contributed by atoms with Crippen LogP contribution in [0.1, 0.15) is 11.1 Å². The van der Waals surface area contributed by atoms with Crippen LogP contribution >= 0.6 is 11.6 Å². The van der Waals surface area contributed by atoms with Crippen LogP contribution in [0.15, 0.2) is 75.9 Å². The number of fused-ring (bicyclic) bond motifs is 1. The highest BCUT2D eigenvalue weighted by molar-refractivity contribution is 6.31. The highest BCUT2D eigenvalue weighted by Gasteiger charge is 2.33. The molecule has 0 aliphatic rings. The van der Waals surface area contributed by atoms with Crippen molar-refractivity contribution < 1.29 is 22.7 Å². The van der Waals surface area contributed by atoms with E-state index >= 15 is 0 Å². The summed E-state index contributed by atoms with van der Waals surface area (Å²) in [6.07, 6.45) is -4.59. The second kappa shape index (κ2) is 8.00. The molecule has 158 valence electrons. The molecule has 0 amide bonds. The van der Waals surface area contributed by atoms with Crippen LogP contribution in [-0.4, -0.2) is 5.11 Å². The van der Waals surface area contributed by atoms with Gasteiger partial charge in [-0.3, -0.25) is 0 Å². The van der Waals surface area contributed by atoms with E-state index < -0.39 is 22.4 Å². The second-order valence-corrected chi connectivity index (χ2v) is 7.28. The molecule has 0 aliphatic carbocycles. The van der Waals surface area contributed by atoms with Gasteiger partial charge in [-0.15, -0.1) is 0 Å². The number of phenols is 1. The number of hydrogen-bond acceptors (Lipinski definition) is 4. The topological polar surface area (TPSA) is 62.5 Å². The van der Waals surface area contributed by atoms with E-state index in [0.717, 1.165) is 17.7 Å². The Labute approximate surface area is 179 Å². The minimum absolute atomic E-state index is 0.0142. The Bertz CT molecular complexity index is 1320. The largest absolute Gasteiger partial charge is 0.507 e. The molecule has 1 heterocycles. The lowest BCUT2D eigenvalue weighted by atomic mass is 10.0. The maximum Gasteiger partial charge on any atom is 0.417 e. The first kappa shape index (κ1) is 20.8. The summed E-state index contributed by atoms with van der Waals surface area (Å²) in [4.78, 5) is 12.1. The molecule has 0 radical (unpaired) electrons. The zero-order valence-electron chi connectivity index (χ0n) is 15.8. The molecule has 0 saturated heterocycles. The van der Waals surface area contributed by atoms with Crippen LogP contribution in [0.5, 0.6) is 5.75 Å². The van der Waals surface area contributed by atoms with Crippen LogP contribution in [0.4, 0.5) is 18.9 Å². The van der Waals surface area contributed by atoms with Crippen molar-refractivity contribution in [2.24, 2.45) is 0 Å². The van der Waals surface area contributed by atoms with Crippen molar-refractivity contribution >= 4 is 28.3 Å². The minimum atomic E-state index is -4.59. The van der Waals surface area contributed by atoms with Crippen LogP contribution in [0.25, 0.3) is 22.1 Å². The summed E-state index contributed by atoms with van der Waals surface area (Å²) in [6.45, 7) is 0.0329. The smallest absolute Gasteiger partial charge is 0.417 e. The number of alkyl halides is 3. The van der Waals surface area contributed by atoms with E-state index in [0.29, 0.717) is 16.5 Å². The first-order valence-electron chi connectivity index (χ1n) is 9.18. The average molecular weight is 446 g/mol. The van der Waals surface area contributed by atoms with E-state index in [1.807, 2.05) is 30.3 Å². The number of phenolic OH excluding ortho intramolecular Hbond substituents is 1. The first-order chi connectivity index (χ1) is 14.7. The summed E-state index contributed by atoms with van der Waals surface area (Å²) in [5.41, 5.74) is 0.576. The summed E-state index contributed by atoms with van der Waals surface area (Å²) in [6, 6.07) is 16.8. The van der Waals surface area contributed by atoms with Crippen molar-refractivity contribution in [2.45, 2.75) is 12.7 Å². The van der Waals surface area contributed by atoms with Gasteiger partial charge in [0.2, 0.25) is 0 Å². The number of nitrogens with one attached hydrogen (secondary N) is 1. The fourth-order valence-electron chi connectivity index (χ4n) is 3.31. The molecule has 0 bridgehead atoms. The number of rotatable bonds is 4. The molecule has 8 heteroatoms. The lowest BCUT2D eigenvalue weighted by Gasteiger charge is -2.13. The van der Waals surface area contributed by atoms with E-state index in [2.05, 4.69) is 5.32 Å². The fraction of sp³-hybridized carbons (Fsp3) is 0.0870. The van der Waals surface area contributed by atoms with Gasteiger partial charge in [0.05, 0.1) is 10.6 Å². The molecule has 2 N–H and O–H groups in total. The molecule has 4 rings (SSSR count). The summed E-state index contributed by atoms with van der Waals surface area (Å²) < 4.78 is 44.5. The third-order valence-corrected chi connectivity index (χ3v) is 5.12. The van der Waals surface area contributed by atoms with Crippen LogP contribution < -0.4 is 10.9 Å². The number of hydrogen-bond donors (Lipinski definition) is 2. The molecule has 4 nitrogen and oxygen atoms in total. The summed E-state index contributed by atoms with van der Waals surface area (Å²) in [5.74, 6) is -0.0142. The predicted molar refractivity (Wildman–Crippen MR) is 113 cm³/mol. The molecule has 3 aromatic carbocycles. The summed E-state index contributed by atoms with van der Waals surface area (Å²) in [5, 5.41) is 13.4. The van der Waals surface area contributed by atoms with E-state index in [4.69, 9.17) is 16.0 Å². The van der Waals surface area contributed by atoms with E-state index in [1.165, 1.54) is 18.2 Å². The molecule has 0 fully saturated rings. The Balaban J connectivity index is 1.70. The van der Waals surface area contributed by atoms with Gasteiger partial charge < -0.3 is 14.8 Å². The van der Waals surface area contributed by atoms with Gasteiger partial charge in [0.15, 0.2) is 0 Å². The fourth-order valence-corrected chi connectivity index (χ4v) is 3.53. The maximum absolute atomic E-state index is 13.1. The molecule has 4 aromatic rings. The highest BCUT2D eigenvalue weighted by atomic mass is 35.5. The SMILES string of the molecule is O=c1cc(CNc2ccc(Cl)c(C(F)(F)F)c2)c2cc(O)c(-c3ccccc3)cc2o1. The monoisotopic (exact) mass is 445 g/mol. The van der Waals surface area contributed by atoms with Crippen LogP contribution in [0.2, 0.25) is 5.02 Å². The number of benzene rings is 3. The van der Waals surface area contributed by atoms with Gasteiger partial charge in [0.25, 0.3) is 0 Å². The number of anilines is 1. The molecule has 0 atom stereocenters. The van der Waals surface area contributed by atoms with Gasteiger partial charge >= 0.3 is 11.8 Å². The normalized spacial score (nSPS) is 11.6. The van der Waals surface area contributed by atoms with Crippen molar-refractivity contribution in [3.8, 4) is 16.9 Å². The van der Waals surface area contributed by atoms with E-state index in [1.54, 1.807) is 6.07 Å².